The summed E-state index contributed by atoms with van der Waals surface area (Å²) >= 11 is 0. The van der Waals surface area contributed by atoms with Crippen molar-refractivity contribution in [1.82, 2.24) is 5.32 Å². The van der Waals surface area contributed by atoms with Crippen LogP contribution in [0.5, 0.6) is 5.75 Å². The van der Waals surface area contributed by atoms with Crippen molar-refractivity contribution in [3.05, 3.63) is 29.3 Å². The smallest absolute Gasteiger partial charge is 0.258 e. The van der Waals surface area contributed by atoms with Gasteiger partial charge in [0.1, 0.15) is 5.75 Å². The quantitative estimate of drug-likeness (QED) is 0.789. The molecule has 1 rings (SSSR count). The Morgan fingerprint density at radius 2 is 2.21 bits per heavy atom. The van der Waals surface area contributed by atoms with Crippen LogP contribution < -0.4 is 15.8 Å². The molecule has 0 aliphatic rings. The van der Waals surface area contributed by atoms with Crippen molar-refractivity contribution in [3.8, 4) is 5.75 Å². The molecule has 0 heterocycles. The lowest BCUT2D eigenvalue weighted by atomic mass is 10.1. The number of hydrogen-bond donors (Lipinski definition) is 2. The van der Waals surface area contributed by atoms with Crippen molar-refractivity contribution < 1.29 is 9.53 Å². The van der Waals surface area contributed by atoms with Crippen LogP contribution in [0.3, 0.4) is 0 Å². The van der Waals surface area contributed by atoms with Gasteiger partial charge in [0, 0.05) is 6.04 Å². The van der Waals surface area contributed by atoms with Gasteiger partial charge in [-0.15, -0.1) is 0 Å². The Morgan fingerprint density at radius 3 is 2.84 bits per heavy atom. The second-order valence-electron chi connectivity index (χ2n) is 4.77. The Labute approximate surface area is 115 Å². The predicted molar refractivity (Wildman–Crippen MR) is 77.3 cm³/mol. The Balaban J connectivity index is 2.64. The Hall–Kier alpha value is -1.55. The molecule has 0 radical (unpaired) electrons. The maximum absolute atomic E-state index is 11.7. The molecule has 1 atom stereocenters. The van der Waals surface area contributed by atoms with E-state index in [0.717, 1.165) is 29.7 Å². The number of rotatable bonds is 7. The first-order chi connectivity index (χ1) is 9.08. The molecule has 4 heteroatoms. The summed E-state index contributed by atoms with van der Waals surface area (Å²) in [6.07, 6.45) is 1.67. The molecule has 0 spiro atoms. The third-order valence-electron chi connectivity index (χ3n) is 3.07. The fraction of sp³-hybridized carbons (Fsp3) is 0.533. The standard InChI is InChI=1S/C15H24N2O2/c1-4-12(3)17-14(18)10-19-15-11(2)6-5-7-13(15)8-9-16/h5-7,12H,4,8-10,16H2,1-3H3,(H,17,18). The molecule has 0 bridgehead atoms. The van der Waals surface area contributed by atoms with Gasteiger partial charge in [-0.3, -0.25) is 4.79 Å². The summed E-state index contributed by atoms with van der Waals surface area (Å²) < 4.78 is 5.66. The lowest BCUT2D eigenvalue weighted by Gasteiger charge is -2.15. The Bertz CT molecular complexity index is 419. The number of ether oxygens (including phenoxy) is 1. The van der Waals surface area contributed by atoms with Gasteiger partial charge in [-0.2, -0.15) is 0 Å². The van der Waals surface area contributed by atoms with Crippen LogP contribution in [-0.2, 0) is 11.2 Å². The van der Waals surface area contributed by atoms with E-state index in [2.05, 4.69) is 5.32 Å². The molecule has 0 aliphatic heterocycles. The van der Waals surface area contributed by atoms with Gasteiger partial charge < -0.3 is 15.8 Å². The lowest BCUT2D eigenvalue weighted by Crippen LogP contribution is -2.35. The van der Waals surface area contributed by atoms with E-state index in [1.54, 1.807) is 0 Å². The minimum Gasteiger partial charge on any atom is -0.483 e. The third kappa shape index (κ3) is 4.91. The number of para-hydroxylation sites is 1. The summed E-state index contributed by atoms with van der Waals surface area (Å²) in [5.74, 6) is 0.698. The highest BCUT2D eigenvalue weighted by molar-refractivity contribution is 5.77. The summed E-state index contributed by atoms with van der Waals surface area (Å²) in [7, 11) is 0. The van der Waals surface area contributed by atoms with Gasteiger partial charge in [-0.05, 0) is 44.4 Å². The largest absolute Gasteiger partial charge is 0.483 e. The molecule has 106 valence electrons. The molecule has 3 N–H and O–H groups in total. The van der Waals surface area contributed by atoms with Crippen molar-refractivity contribution in [3.63, 3.8) is 0 Å². The van der Waals surface area contributed by atoms with Gasteiger partial charge in [0.25, 0.3) is 5.91 Å². The molecule has 0 aromatic heterocycles. The predicted octanol–water partition coefficient (Wildman–Crippen LogP) is 1.79. The number of aryl methyl sites for hydroxylation is 1. The minimum absolute atomic E-state index is 0.0484. The number of amides is 1. The Kier molecular flexibility index (Phi) is 6.36. The van der Waals surface area contributed by atoms with Crippen LogP contribution >= 0.6 is 0 Å². The molecule has 0 saturated heterocycles. The van der Waals surface area contributed by atoms with Crippen molar-refractivity contribution in [2.24, 2.45) is 5.73 Å². The van der Waals surface area contributed by atoms with Crippen molar-refractivity contribution in [1.29, 1.82) is 0 Å². The first-order valence-corrected chi connectivity index (χ1v) is 6.79. The van der Waals surface area contributed by atoms with Crippen LogP contribution in [0, 0.1) is 6.92 Å². The SMILES string of the molecule is CCC(C)NC(=O)COc1c(C)cccc1CCN. The molecule has 19 heavy (non-hydrogen) atoms. The summed E-state index contributed by atoms with van der Waals surface area (Å²) in [4.78, 5) is 11.7. The number of benzene rings is 1. The molecule has 1 unspecified atom stereocenters. The monoisotopic (exact) mass is 264 g/mol. The van der Waals surface area contributed by atoms with Crippen LogP contribution in [0.4, 0.5) is 0 Å². The zero-order valence-corrected chi connectivity index (χ0v) is 12.0. The lowest BCUT2D eigenvalue weighted by molar-refractivity contribution is -0.123. The van der Waals surface area contributed by atoms with Crippen molar-refractivity contribution in [2.75, 3.05) is 13.2 Å². The van der Waals surface area contributed by atoms with E-state index in [1.165, 1.54) is 0 Å². The maximum atomic E-state index is 11.7. The van der Waals surface area contributed by atoms with Crippen LogP contribution in [0.2, 0.25) is 0 Å². The normalized spacial score (nSPS) is 12.0. The average Bonchev–Trinajstić information content (AvgIpc) is 2.38. The minimum atomic E-state index is -0.0868. The van der Waals surface area contributed by atoms with Crippen molar-refractivity contribution >= 4 is 5.91 Å². The fourth-order valence-corrected chi connectivity index (χ4v) is 1.83. The molecule has 1 amide bonds. The number of carbonyl (C=O) groups excluding carboxylic acids is 1. The third-order valence-corrected chi connectivity index (χ3v) is 3.07. The molecule has 0 fully saturated rings. The highest BCUT2D eigenvalue weighted by Crippen LogP contribution is 2.23. The van der Waals surface area contributed by atoms with E-state index in [1.807, 2.05) is 39.0 Å². The van der Waals surface area contributed by atoms with Crippen LogP contribution in [-0.4, -0.2) is 25.1 Å². The maximum Gasteiger partial charge on any atom is 0.258 e. The van der Waals surface area contributed by atoms with Gasteiger partial charge in [0.2, 0.25) is 0 Å². The van der Waals surface area contributed by atoms with Gasteiger partial charge in [-0.1, -0.05) is 25.1 Å². The number of nitrogens with one attached hydrogen (secondary N) is 1. The van der Waals surface area contributed by atoms with Crippen LogP contribution in [0.1, 0.15) is 31.4 Å². The second-order valence-corrected chi connectivity index (χ2v) is 4.77. The van der Waals surface area contributed by atoms with E-state index in [9.17, 15) is 4.79 Å². The van der Waals surface area contributed by atoms with Crippen LogP contribution in [0.15, 0.2) is 18.2 Å². The average molecular weight is 264 g/mol. The first kappa shape index (κ1) is 15.5. The molecular weight excluding hydrogens is 240 g/mol. The summed E-state index contributed by atoms with van der Waals surface area (Å²) in [6.45, 7) is 6.60. The molecule has 0 aliphatic carbocycles. The van der Waals surface area contributed by atoms with Gasteiger partial charge in [-0.25, -0.2) is 0 Å². The van der Waals surface area contributed by atoms with E-state index < -0.39 is 0 Å². The zero-order chi connectivity index (χ0) is 14.3. The number of nitrogens with two attached hydrogens (primary N) is 1. The van der Waals surface area contributed by atoms with E-state index in [-0.39, 0.29) is 18.6 Å². The fourth-order valence-electron chi connectivity index (χ4n) is 1.83. The van der Waals surface area contributed by atoms with E-state index >= 15 is 0 Å². The number of hydrogen-bond acceptors (Lipinski definition) is 3. The van der Waals surface area contributed by atoms with Gasteiger partial charge in [0.05, 0.1) is 0 Å². The molecule has 1 aromatic rings. The van der Waals surface area contributed by atoms with Gasteiger partial charge >= 0.3 is 0 Å². The zero-order valence-electron chi connectivity index (χ0n) is 12.0. The summed E-state index contributed by atoms with van der Waals surface area (Å²) in [5, 5.41) is 2.88. The van der Waals surface area contributed by atoms with Gasteiger partial charge in [0.15, 0.2) is 6.61 Å². The molecule has 1 aromatic carbocycles. The van der Waals surface area contributed by atoms with E-state index in [4.69, 9.17) is 10.5 Å². The molecule has 4 nitrogen and oxygen atoms in total. The Morgan fingerprint density at radius 1 is 1.47 bits per heavy atom. The number of carbonyl (C=O) groups is 1. The molecular formula is C15H24N2O2. The van der Waals surface area contributed by atoms with E-state index in [0.29, 0.717) is 6.54 Å². The summed E-state index contributed by atoms with van der Waals surface area (Å²) in [5.41, 5.74) is 7.67. The second kappa shape index (κ2) is 7.79. The topological polar surface area (TPSA) is 64.3 Å². The summed E-state index contributed by atoms with van der Waals surface area (Å²) in [6, 6.07) is 6.12. The highest BCUT2D eigenvalue weighted by atomic mass is 16.5. The molecule has 0 saturated carbocycles. The van der Waals surface area contributed by atoms with Crippen molar-refractivity contribution in [2.45, 2.75) is 39.7 Å². The first-order valence-electron chi connectivity index (χ1n) is 6.79. The van der Waals surface area contributed by atoms with Crippen LogP contribution in [0.25, 0.3) is 0 Å². The highest BCUT2D eigenvalue weighted by Gasteiger charge is 2.10.